The zero-order valence-electron chi connectivity index (χ0n) is 15.5. The minimum Gasteiger partial charge on any atom is -0.497 e. The van der Waals surface area contributed by atoms with E-state index in [0.717, 1.165) is 29.8 Å². The van der Waals surface area contributed by atoms with Crippen LogP contribution in [0.3, 0.4) is 0 Å². The molecule has 1 aromatic heterocycles. The van der Waals surface area contributed by atoms with Gasteiger partial charge >= 0.3 is 0 Å². The molecule has 0 N–H and O–H groups in total. The summed E-state index contributed by atoms with van der Waals surface area (Å²) in [5, 5.41) is 8.25. The molecular weight excluding hydrogens is 340 g/mol. The van der Waals surface area contributed by atoms with Crippen LogP contribution < -0.4 is 4.74 Å². The summed E-state index contributed by atoms with van der Waals surface area (Å²) >= 11 is 0. The summed E-state index contributed by atoms with van der Waals surface area (Å²) in [6, 6.07) is 16.1. The van der Waals surface area contributed by atoms with Gasteiger partial charge in [0, 0.05) is 12.6 Å². The first kappa shape index (κ1) is 17.3. The van der Waals surface area contributed by atoms with Crippen molar-refractivity contribution in [1.82, 2.24) is 19.9 Å². The molecule has 0 aliphatic heterocycles. The van der Waals surface area contributed by atoms with Gasteiger partial charge in [-0.15, -0.1) is 5.10 Å². The first-order chi connectivity index (χ1) is 13.1. The van der Waals surface area contributed by atoms with Gasteiger partial charge in [0.15, 0.2) is 5.69 Å². The largest absolute Gasteiger partial charge is 0.497 e. The minimum absolute atomic E-state index is 0.0771. The minimum atomic E-state index is -0.0771. The molecule has 0 spiro atoms. The Labute approximate surface area is 158 Å². The first-order valence-corrected chi connectivity index (χ1v) is 9.07. The molecule has 3 aromatic rings. The van der Waals surface area contributed by atoms with E-state index >= 15 is 0 Å². The maximum atomic E-state index is 13.0. The van der Waals surface area contributed by atoms with E-state index in [9.17, 15) is 4.79 Å². The average molecular weight is 362 g/mol. The van der Waals surface area contributed by atoms with Crippen molar-refractivity contribution in [2.75, 3.05) is 7.11 Å². The number of carbonyl (C=O) groups is 1. The zero-order chi connectivity index (χ0) is 18.8. The number of hydrogen-bond donors (Lipinski definition) is 0. The molecule has 1 heterocycles. The molecule has 1 aliphatic carbocycles. The summed E-state index contributed by atoms with van der Waals surface area (Å²) in [6.45, 7) is 2.59. The van der Waals surface area contributed by atoms with Crippen LogP contribution in [0.15, 0.2) is 54.7 Å². The van der Waals surface area contributed by atoms with Gasteiger partial charge in [0.05, 0.1) is 19.0 Å². The van der Waals surface area contributed by atoms with E-state index in [4.69, 9.17) is 4.74 Å². The lowest BCUT2D eigenvalue weighted by molar-refractivity contribution is 0.0724. The molecule has 0 bridgehead atoms. The molecule has 2 aromatic carbocycles. The third kappa shape index (κ3) is 3.84. The van der Waals surface area contributed by atoms with Crippen LogP contribution in [0.4, 0.5) is 0 Å². The fourth-order valence-corrected chi connectivity index (χ4v) is 3.01. The highest BCUT2D eigenvalue weighted by Gasteiger charge is 2.34. The Morgan fingerprint density at radius 2 is 1.85 bits per heavy atom. The Bertz CT molecular complexity index is 928. The number of amides is 1. The van der Waals surface area contributed by atoms with Gasteiger partial charge < -0.3 is 9.64 Å². The van der Waals surface area contributed by atoms with Gasteiger partial charge in [0.25, 0.3) is 5.91 Å². The lowest BCUT2D eigenvalue weighted by Gasteiger charge is -2.21. The number of nitrogens with zero attached hydrogens (tertiary/aromatic N) is 4. The Hall–Kier alpha value is -3.15. The van der Waals surface area contributed by atoms with Crippen LogP contribution in [0.2, 0.25) is 0 Å². The molecule has 0 atom stereocenters. The van der Waals surface area contributed by atoms with Crippen LogP contribution in [-0.4, -0.2) is 39.0 Å². The predicted molar refractivity (Wildman–Crippen MR) is 102 cm³/mol. The topological polar surface area (TPSA) is 60.2 Å². The Balaban J connectivity index is 1.53. The highest BCUT2D eigenvalue weighted by atomic mass is 16.5. The number of benzene rings is 2. The summed E-state index contributed by atoms with van der Waals surface area (Å²) in [6.07, 6.45) is 3.78. The van der Waals surface area contributed by atoms with Gasteiger partial charge in [-0.05, 0) is 49.6 Å². The van der Waals surface area contributed by atoms with Crippen molar-refractivity contribution in [2.45, 2.75) is 32.4 Å². The number of carbonyl (C=O) groups excluding carboxylic acids is 1. The summed E-state index contributed by atoms with van der Waals surface area (Å²) in [4.78, 5) is 14.9. The van der Waals surface area contributed by atoms with Crippen LogP contribution in [0.25, 0.3) is 5.69 Å². The first-order valence-electron chi connectivity index (χ1n) is 9.07. The summed E-state index contributed by atoms with van der Waals surface area (Å²) in [5.74, 6) is 0.732. The smallest absolute Gasteiger partial charge is 0.276 e. The Kier molecular flexibility index (Phi) is 4.62. The standard InChI is InChI=1S/C21H22N4O2/c1-15-3-7-18(8-4-15)25-14-20(22-23-25)21(26)24(17-9-10-17)13-16-5-11-19(27-2)12-6-16/h3-8,11-12,14,17H,9-10,13H2,1-2H3. The molecule has 1 saturated carbocycles. The van der Waals surface area contributed by atoms with Crippen LogP contribution in [0, 0.1) is 6.92 Å². The van der Waals surface area contributed by atoms with Crippen LogP contribution >= 0.6 is 0 Å². The van der Waals surface area contributed by atoms with E-state index in [0.29, 0.717) is 12.2 Å². The predicted octanol–water partition coefficient (Wildman–Crippen LogP) is 3.39. The molecule has 138 valence electrons. The van der Waals surface area contributed by atoms with Crippen molar-refractivity contribution in [3.8, 4) is 11.4 Å². The third-order valence-electron chi connectivity index (χ3n) is 4.77. The monoisotopic (exact) mass is 362 g/mol. The fourth-order valence-electron chi connectivity index (χ4n) is 3.01. The molecule has 0 unspecified atom stereocenters. The number of hydrogen-bond acceptors (Lipinski definition) is 4. The normalized spacial score (nSPS) is 13.4. The lowest BCUT2D eigenvalue weighted by atomic mass is 10.2. The Morgan fingerprint density at radius 1 is 1.15 bits per heavy atom. The van der Waals surface area contributed by atoms with E-state index in [1.54, 1.807) is 18.0 Å². The van der Waals surface area contributed by atoms with Crippen molar-refractivity contribution in [2.24, 2.45) is 0 Å². The number of rotatable bonds is 6. The highest BCUT2D eigenvalue weighted by Crippen LogP contribution is 2.30. The van der Waals surface area contributed by atoms with E-state index in [1.807, 2.05) is 60.4 Å². The molecule has 1 aliphatic rings. The molecule has 1 amide bonds. The molecule has 6 heteroatoms. The summed E-state index contributed by atoms with van der Waals surface area (Å²) < 4.78 is 6.85. The van der Waals surface area contributed by atoms with Crippen molar-refractivity contribution in [3.05, 3.63) is 71.5 Å². The van der Waals surface area contributed by atoms with Crippen molar-refractivity contribution < 1.29 is 9.53 Å². The van der Waals surface area contributed by atoms with Gasteiger partial charge in [-0.1, -0.05) is 35.0 Å². The van der Waals surface area contributed by atoms with E-state index in [2.05, 4.69) is 10.3 Å². The second kappa shape index (κ2) is 7.23. The lowest BCUT2D eigenvalue weighted by Crippen LogP contribution is -2.32. The van der Waals surface area contributed by atoms with Crippen molar-refractivity contribution >= 4 is 5.91 Å². The van der Waals surface area contributed by atoms with Crippen LogP contribution in [-0.2, 0) is 6.54 Å². The van der Waals surface area contributed by atoms with Gasteiger partial charge in [-0.25, -0.2) is 4.68 Å². The van der Waals surface area contributed by atoms with Gasteiger partial charge in [-0.2, -0.15) is 0 Å². The maximum absolute atomic E-state index is 13.0. The van der Waals surface area contributed by atoms with Crippen molar-refractivity contribution in [1.29, 1.82) is 0 Å². The van der Waals surface area contributed by atoms with E-state index in [-0.39, 0.29) is 11.9 Å². The molecule has 4 rings (SSSR count). The number of methoxy groups -OCH3 is 1. The maximum Gasteiger partial charge on any atom is 0.276 e. The number of aromatic nitrogens is 3. The molecule has 27 heavy (non-hydrogen) atoms. The molecule has 1 fully saturated rings. The fraction of sp³-hybridized carbons (Fsp3) is 0.286. The number of ether oxygens (including phenoxy) is 1. The van der Waals surface area contributed by atoms with Crippen molar-refractivity contribution in [3.63, 3.8) is 0 Å². The number of aryl methyl sites for hydroxylation is 1. The second-order valence-corrected chi connectivity index (χ2v) is 6.90. The molecular formula is C21H22N4O2. The quantitative estimate of drug-likeness (QED) is 0.674. The summed E-state index contributed by atoms with van der Waals surface area (Å²) in [7, 11) is 1.65. The SMILES string of the molecule is COc1ccc(CN(C(=O)c2cn(-c3ccc(C)cc3)nn2)C2CC2)cc1. The second-order valence-electron chi connectivity index (χ2n) is 6.90. The Morgan fingerprint density at radius 3 is 2.48 bits per heavy atom. The zero-order valence-corrected chi connectivity index (χ0v) is 15.5. The van der Waals surface area contributed by atoms with Gasteiger partial charge in [0.1, 0.15) is 5.75 Å². The van der Waals surface area contributed by atoms with E-state index < -0.39 is 0 Å². The highest BCUT2D eigenvalue weighted by molar-refractivity contribution is 5.92. The van der Waals surface area contributed by atoms with Crippen LogP contribution in [0.5, 0.6) is 5.75 Å². The average Bonchev–Trinajstić information content (AvgIpc) is 3.42. The van der Waals surface area contributed by atoms with E-state index in [1.165, 1.54) is 5.56 Å². The van der Waals surface area contributed by atoms with Gasteiger partial charge in [0.2, 0.25) is 0 Å². The molecule has 6 nitrogen and oxygen atoms in total. The third-order valence-corrected chi connectivity index (χ3v) is 4.77. The van der Waals surface area contributed by atoms with Crippen LogP contribution in [0.1, 0.15) is 34.5 Å². The van der Waals surface area contributed by atoms with Gasteiger partial charge in [-0.3, -0.25) is 4.79 Å². The summed E-state index contributed by atoms with van der Waals surface area (Å²) in [5.41, 5.74) is 3.51. The molecule has 0 radical (unpaired) electrons. The molecule has 0 saturated heterocycles.